The van der Waals surface area contributed by atoms with Crippen LogP contribution in [0, 0.1) is 6.92 Å². The molecule has 0 amide bonds. The molecule has 4 nitrogen and oxygen atoms in total. The number of alkyl halides is 1. The molecule has 2 N–H and O–H groups in total. The van der Waals surface area contributed by atoms with Gasteiger partial charge >= 0.3 is 5.97 Å². The Balaban J connectivity index is 3.22. The molecule has 0 aromatic heterocycles. The predicted octanol–water partition coefficient (Wildman–Crippen LogP) is 2.40. The number of halogens is 1. The summed E-state index contributed by atoms with van der Waals surface area (Å²) in [6, 6.07) is 5.28. The quantitative estimate of drug-likeness (QED) is 0.388. The SMILES string of the molecule is CCOC(=O)c1cccc(C)c1N=C(N)CCl. The van der Waals surface area contributed by atoms with E-state index in [0.29, 0.717) is 17.9 Å². The van der Waals surface area contributed by atoms with E-state index in [1.807, 2.05) is 13.0 Å². The lowest BCUT2D eigenvalue weighted by atomic mass is 10.1. The van der Waals surface area contributed by atoms with Gasteiger partial charge in [-0.05, 0) is 25.5 Å². The summed E-state index contributed by atoms with van der Waals surface area (Å²) in [5.74, 6) is -0.0137. The van der Waals surface area contributed by atoms with E-state index in [9.17, 15) is 4.79 Å². The van der Waals surface area contributed by atoms with Crippen LogP contribution in [0.2, 0.25) is 0 Å². The average molecular weight is 255 g/mol. The van der Waals surface area contributed by atoms with Crippen LogP contribution in [0.25, 0.3) is 0 Å². The summed E-state index contributed by atoms with van der Waals surface area (Å²) in [7, 11) is 0. The number of hydrogen-bond donors (Lipinski definition) is 1. The van der Waals surface area contributed by atoms with Gasteiger partial charge in [-0.1, -0.05) is 12.1 Å². The molecule has 0 radical (unpaired) electrons. The zero-order valence-electron chi connectivity index (χ0n) is 9.87. The number of carbonyl (C=O) groups is 1. The Bertz CT molecular complexity index is 444. The van der Waals surface area contributed by atoms with Crippen molar-refractivity contribution < 1.29 is 9.53 Å². The van der Waals surface area contributed by atoms with Crippen LogP contribution in [0.1, 0.15) is 22.8 Å². The molecule has 1 aromatic rings. The molecule has 0 aliphatic carbocycles. The molecule has 17 heavy (non-hydrogen) atoms. The van der Waals surface area contributed by atoms with Gasteiger partial charge in [0.2, 0.25) is 0 Å². The van der Waals surface area contributed by atoms with Gasteiger partial charge in [0, 0.05) is 0 Å². The first-order valence-corrected chi connectivity index (χ1v) is 5.79. The first-order valence-electron chi connectivity index (χ1n) is 5.25. The van der Waals surface area contributed by atoms with Gasteiger partial charge in [0.1, 0.15) is 5.84 Å². The molecule has 0 bridgehead atoms. The van der Waals surface area contributed by atoms with Crippen LogP contribution in [0.15, 0.2) is 23.2 Å². The molecule has 92 valence electrons. The summed E-state index contributed by atoms with van der Waals surface area (Å²) < 4.78 is 4.96. The van der Waals surface area contributed by atoms with Crippen LogP contribution in [0.5, 0.6) is 0 Å². The first-order chi connectivity index (χ1) is 8.10. The fourth-order valence-electron chi connectivity index (χ4n) is 1.35. The normalized spacial score (nSPS) is 11.4. The smallest absolute Gasteiger partial charge is 0.340 e. The fourth-order valence-corrected chi connectivity index (χ4v) is 1.41. The van der Waals surface area contributed by atoms with Gasteiger partial charge in [-0.2, -0.15) is 0 Å². The number of rotatable bonds is 4. The highest BCUT2D eigenvalue weighted by Gasteiger charge is 2.13. The van der Waals surface area contributed by atoms with Crippen molar-refractivity contribution in [1.29, 1.82) is 0 Å². The number of esters is 1. The Kier molecular flexibility index (Phi) is 4.97. The minimum Gasteiger partial charge on any atom is -0.462 e. The molecule has 0 fully saturated rings. The molecule has 1 aromatic carbocycles. The molecule has 0 unspecified atom stereocenters. The van der Waals surface area contributed by atoms with Crippen molar-refractivity contribution in [3.63, 3.8) is 0 Å². The van der Waals surface area contributed by atoms with Crippen molar-refractivity contribution >= 4 is 29.1 Å². The molecule has 1 rings (SSSR count). The van der Waals surface area contributed by atoms with Gasteiger partial charge in [-0.15, -0.1) is 11.6 Å². The molecular weight excluding hydrogens is 240 g/mol. The summed E-state index contributed by atoms with van der Waals surface area (Å²) >= 11 is 5.58. The average Bonchev–Trinajstić information content (AvgIpc) is 2.31. The van der Waals surface area contributed by atoms with Crippen molar-refractivity contribution in [2.45, 2.75) is 13.8 Å². The van der Waals surface area contributed by atoms with Crippen LogP contribution in [0.4, 0.5) is 5.69 Å². The van der Waals surface area contributed by atoms with E-state index in [2.05, 4.69) is 4.99 Å². The number of ether oxygens (including phenoxy) is 1. The third-order valence-electron chi connectivity index (χ3n) is 2.13. The van der Waals surface area contributed by atoms with Gasteiger partial charge in [0.25, 0.3) is 0 Å². The van der Waals surface area contributed by atoms with E-state index in [4.69, 9.17) is 22.1 Å². The summed E-state index contributed by atoms with van der Waals surface area (Å²) in [6.07, 6.45) is 0. The molecule has 0 aliphatic rings. The van der Waals surface area contributed by atoms with Crippen molar-refractivity contribution in [3.05, 3.63) is 29.3 Å². The maximum Gasteiger partial charge on any atom is 0.340 e. The number of para-hydroxylation sites is 1. The van der Waals surface area contributed by atoms with Crippen molar-refractivity contribution in [2.75, 3.05) is 12.5 Å². The molecule has 0 spiro atoms. The Labute approximate surface area is 105 Å². The number of aryl methyl sites for hydroxylation is 1. The molecule has 0 heterocycles. The number of hydrogen-bond acceptors (Lipinski definition) is 3. The van der Waals surface area contributed by atoms with Crippen LogP contribution in [-0.2, 0) is 4.74 Å². The minimum atomic E-state index is -0.405. The molecule has 0 saturated heterocycles. The number of aliphatic imine (C=N–C) groups is 1. The summed E-state index contributed by atoms with van der Waals surface area (Å²) in [4.78, 5) is 15.9. The van der Waals surface area contributed by atoms with E-state index in [-0.39, 0.29) is 11.7 Å². The number of amidine groups is 1. The fraction of sp³-hybridized carbons (Fsp3) is 0.333. The second-order valence-electron chi connectivity index (χ2n) is 3.43. The Morgan fingerprint density at radius 1 is 1.53 bits per heavy atom. The second-order valence-corrected chi connectivity index (χ2v) is 3.70. The number of nitrogens with two attached hydrogens (primary N) is 1. The molecule has 0 atom stereocenters. The van der Waals surface area contributed by atoms with E-state index >= 15 is 0 Å². The van der Waals surface area contributed by atoms with Crippen LogP contribution >= 0.6 is 11.6 Å². The topological polar surface area (TPSA) is 64.7 Å². The zero-order valence-corrected chi connectivity index (χ0v) is 10.6. The number of carbonyl (C=O) groups excluding carboxylic acids is 1. The second kappa shape index (κ2) is 6.25. The molecule has 0 saturated carbocycles. The number of benzene rings is 1. The van der Waals surface area contributed by atoms with E-state index in [1.54, 1.807) is 19.1 Å². The summed E-state index contributed by atoms with van der Waals surface area (Å²) in [5, 5.41) is 0. The molecule has 5 heteroatoms. The Morgan fingerprint density at radius 2 is 2.24 bits per heavy atom. The van der Waals surface area contributed by atoms with Gasteiger partial charge in [0.05, 0.1) is 23.7 Å². The maximum absolute atomic E-state index is 11.7. The summed E-state index contributed by atoms with van der Waals surface area (Å²) in [6.45, 7) is 3.92. The molecular formula is C12H15ClN2O2. The predicted molar refractivity (Wildman–Crippen MR) is 69.1 cm³/mol. The largest absolute Gasteiger partial charge is 0.462 e. The maximum atomic E-state index is 11.7. The Morgan fingerprint density at radius 3 is 2.82 bits per heavy atom. The van der Waals surface area contributed by atoms with Crippen molar-refractivity contribution in [2.24, 2.45) is 10.7 Å². The van der Waals surface area contributed by atoms with E-state index in [0.717, 1.165) is 5.56 Å². The van der Waals surface area contributed by atoms with Crippen LogP contribution in [0.3, 0.4) is 0 Å². The third-order valence-corrected chi connectivity index (χ3v) is 2.40. The lowest BCUT2D eigenvalue weighted by molar-refractivity contribution is 0.0527. The highest BCUT2D eigenvalue weighted by Crippen LogP contribution is 2.24. The summed E-state index contributed by atoms with van der Waals surface area (Å²) in [5.41, 5.74) is 7.35. The highest BCUT2D eigenvalue weighted by atomic mass is 35.5. The zero-order chi connectivity index (χ0) is 12.8. The lowest BCUT2D eigenvalue weighted by Gasteiger charge is -2.08. The highest BCUT2D eigenvalue weighted by molar-refractivity contribution is 6.28. The van der Waals surface area contributed by atoms with Gasteiger partial charge < -0.3 is 10.5 Å². The van der Waals surface area contributed by atoms with Gasteiger partial charge in [-0.3, -0.25) is 0 Å². The minimum absolute atomic E-state index is 0.122. The third kappa shape index (κ3) is 3.46. The van der Waals surface area contributed by atoms with Crippen LogP contribution in [-0.4, -0.2) is 24.3 Å². The number of nitrogens with zero attached hydrogens (tertiary/aromatic N) is 1. The van der Waals surface area contributed by atoms with E-state index < -0.39 is 5.97 Å². The molecule has 0 aliphatic heterocycles. The van der Waals surface area contributed by atoms with Crippen LogP contribution < -0.4 is 5.73 Å². The standard InChI is InChI=1S/C12H15ClN2O2/c1-3-17-12(16)9-6-4-5-8(2)11(9)15-10(14)7-13/h4-6H,3,7H2,1-2H3,(H2,14,15). The van der Waals surface area contributed by atoms with Gasteiger partial charge in [-0.25, -0.2) is 9.79 Å². The van der Waals surface area contributed by atoms with Gasteiger partial charge in [0.15, 0.2) is 0 Å². The first kappa shape index (κ1) is 13.5. The van der Waals surface area contributed by atoms with Crippen molar-refractivity contribution in [1.82, 2.24) is 0 Å². The van der Waals surface area contributed by atoms with Crippen molar-refractivity contribution in [3.8, 4) is 0 Å². The Hall–Kier alpha value is -1.55. The van der Waals surface area contributed by atoms with E-state index in [1.165, 1.54) is 0 Å². The monoisotopic (exact) mass is 254 g/mol. The lowest BCUT2D eigenvalue weighted by Crippen LogP contribution is -2.13.